The van der Waals surface area contributed by atoms with Crippen molar-refractivity contribution in [2.24, 2.45) is 0 Å². The lowest BCUT2D eigenvalue weighted by molar-refractivity contribution is 0.102. The van der Waals surface area contributed by atoms with Gasteiger partial charge in [-0.15, -0.1) is 6.58 Å². The Morgan fingerprint density at radius 1 is 1.12 bits per heavy atom. The van der Waals surface area contributed by atoms with E-state index in [9.17, 15) is 4.79 Å². The molecule has 124 valence electrons. The average molecular weight is 323 g/mol. The van der Waals surface area contributed by atoms with Crippen molar-refractivity contribution < 1.29 is 14.3 Å². The number of nitrogens with one attached hydrogen (secondary N) is 1. The van der Waals surface area contributed by atoms with Crippen LogP contribution in [0.1, 0.15) is 15.9 Å². The van der Waals surface area contributed by atoms with E-state index in [1.807, 2.05) is 6.07 Å². The van der Waals surface area contributed by atoms with Gasteiger partial charge in [-0.2, -0.15) is 0 Å². The molecule has 0 aliphatic heterocycles. The van der Waals surface area contributed by atoms with E-state index in [0.29, 0.717) is 24.3 Å². The summed E-state index contributed by atoms with van der Waals surface area (Å²) >= 11 is 0. The quantitative estimate of drug-likeness (QED) is 0.739. The second-order valence-electron chi connectivity index (χ2n) is 5.10. The van der Waals surface area contributed by atoms with Gasteiger partial charge in [-0.05, 0) is 54.4 Å². The van der Waals surface area contributed by atoms with Crippen molar-refractivity contribution in [2.75, 3.05) is 19.0 Å². The topological polar surface area (TPSA) is 47.6 Å². The van der Waals surface area contributed by atoms with Gasteiger partial charge in [0, 0.05) is 11.3 Å². The highest BCUT2D eigenvalue weighted by molar-refractivity contribution is 6.04. The summed E-state index contributed by atoms with van der Waals surface area (Å²) in [4.78, 5) is 12.4. The molecule has 0 atom stereocenters. The molecule has 24 heavy (non-hydrogen) atoms. The van der Waals surface area contributed by atoms with E-state index in [0.717, 1.165) is 17.1 Å². The Kier molecular flexibility index (Phi) is 6.20. The zero-order valence-electron chi connectivity index (χ0n) is 13.7. The first kappa shape index (κ1) is 17.3. The average Bonchev–Trinajstić information content (AvgIpc) is 2.61. The fourth-order valence-electron chi connectivity index (χ4n) is 2.23. The van der Waals surface area contributed by atoms with E-state index < -0.39 is 0 Å². The highest BCUT2D eigenvalue weighted by Crippen LogP contribution is 2.22. The molecule has 0 heterocycles. The molecule has 2 aromatic carbocycles. The number of methoxy groups -OCH3 is 1. The summed E-state index contributed by atoms with van der Waals surface area (Å²) in [6.07, 6.45) is 4.10. The van der Waals surface area contributed by atoms with E-state index >= 15 is 0 Å². The molecule has 2 aromatic rings. The van der Waals surface area contributed by atoms with Crippen molar-refractivity contribution in [3.63, 3.8) is 0 Å². The van der Waals surface area contributed by atoms with Crippen molar-refractivity contribution in [3.8, 4) is 11.5 Å². The number of hydrogen-bond acceptors (Lipinski definition) is 3. The Balaban J connectivity index is 2.10. The van der Waals surface area contributed by atoms with E-state index in [2.05, 4.69) is 18.5 Å². The van der Waals surface area contributed by atoms with Gasteiger partial charge in [0.1, 0.15) is 18.1 Å². The van der Waals surface area contributed by atoms with E-state index in [4.69, 9.17) is 9.47 Å². The number of allylic oxidation sites excluding steroid dienone is 1. The summed E-state index contributed by atoms with van der Waals surface area (Å²) in [5.74, 6) is 1.29. The molecule has 0 spiro atoms. The molecule has 0 bridgehead atoms. The molecule has 0 saturated carbocycles. The summed E-state index contributed by atoms with van der Waals surface area (Å²) in [6, 6.07) is 12.5. The molecule has 0 radical (unpaired) electrons. The van der Waals surface area contributed by atoms with Crippen LogP contribution in [0.2, 0.25) is 0 Å². The van der Waals surface area contributed by atoms with Crippen LogP contribution in [0.15, 0.2) is 67.8 Å². The molecule has 4 nitrogen and oxygen atoms in total. The summed E-state index contributed by atoms with van der Waals surface area (Å²) in [6.45, 7) is 7.78. The van der Waals surface area contributed by atoms with Gasteiger partial charge < -0.3 is 14.8 Å². The smallest absolute Gasteiger partial charge is 0.255 e. The van der Waals surface area contributed by atoms with Crippen molar-refractivity contribution in [2.45, 2.75) is 6.42 Å². The predicted octanol–water partition coefficient (Wildman–Crippen LogP) is 4.24. The monoisotopic (exact) mass is 323 g/mol. The Morgan fingerprint density at radius 3 is 2.50 bits per heavy atom. The highest BCUT2D eigenvalue weighted by Gasteiger charge is 2.10. The van der Waals surface area contributed by atoms with Crippen molar-refractivity contribution in [1.29, 1.82) is 0 Å². The summed E-state index contributed by atoms with van der Waals surface area (Å²) < 4.78 is 10.7. The van der Waals surface area contributed by atoms with Crippen LogP contribution in [-0.2, 0) is 6.42 Å². The molecular formula is C20H21NO3. The Bertz CT molecular complexity index is 720. The van der Waals surface area contributed by atoms with Crippen LogP contribution < -0.4 is 14.8 Å². The molecule has 1 N–H and O–H groups in total. The standard InChI is InChI=1S/C20H21NO3/c1-4-6-15-14-16(7-12-19(15)23-3)20(22)21-17-8-10-18(11-9-17)24-13-5-2/h4-5,7-12,14H,1-2,6,13H2,3H3,(H,21,22). The van der Waals surface area contributed by atoms with Crippen LogP contribution in [0, 0.1) is 0 Å². The molecule has 0 aromatic heterocycles. The fourth-order valence-corrected chi connectivity index (χ4v) is 2.23. The number of carbonyl (C=O) groups is 1. The maximum atomic E-state index is 12.4. The maximum absolute atomic E-state index is 12.4. The minimum Gasteiger partial charge on any atom is -0.496 e. The molecule has 1 amide bonds. The SMILES string of the molecule is C=CCOc1ccc(NC(=O)c2ccc(OC)c(CC=C)c2)cc1. The second kappa shape index (κ2) is 8.58. The van der Waals surface area contributed by atoms with Gasteiger partial charge in [0.2, 0.25) is 0 Å². The van der Waals surface area contributed by atoms with Crippen LogP contribution in [-0.4, -0.2) is 19.6 Å². The first-order valence-corrected chi connectivity index (χ1v) is 7.61. The summed E-state index contributed by atoms with van der Waals surface area (Å²) in [5, 5.41) is 2.87. The predicted molar refractivity (Wildman–Crippen MR) is 97.0 cm³/mol. The van der Waals surface area contributed by atoms with Crippen molar-refractivity contribution in [1.82, 2.24) is 0 Å². The lowest BCUT2D eigenvalue weighted by Gasteiger charge is -2.10. The highest BCUT2D eigenvalue weighted by atomic mass is 16.5. The maximum Gasteiger partial charge on any atom is 0.255 e. The van der Waals surface area contributed by atoms with Crippen LogP contribution in [0.4, 0.5) is 5.69 Å². The van der Waals surface area contributed by atoms with E-state index in [-0.39, 0.29) is 5.91 Å². The number of anilines is 1. The van der Waals surface area contributed by atoms with Crippen LogP contribution in [0.3, 0.4) is 0 Å². The normalized spacial score (nSPS) is 9.88. The van der Waals surface area contributed by atoms with Crippen molar-refractivity contribution >= 4 is 11.6 Å². The molecule has 0 aliphatic carbocycles. The number of hydrogen-bond donors (Lipinski definition) is 1. The van der Waals surface area contributed by atoms with Gasteiger partial charge in [0.25, 0.3) is 5.91 Å². The summed E-state index contributed by atoms with van der Waals surface area (Å²) in [5.41, 5.74) is 2.19. The molecule has 2 rings (SSSR count). The fraction of sp³-hybridized carbons (Fsp3) is 0.150. The Labute approximate surface area is 142 Å². The van der Waals surface area contributed by atoms with Gasteiger partial charge in [0.05, 0.1) is 7.11 Å². The minimum absolute atomic E-state index is 0.178. The zero-order valence-corrected chi connectivity index (χ0v) is 13.7. The van der Waals surface area contributed by atoms with Gasteiger partial charge >= 0.3 is 0 Å². The van der Waals surface area contributed by atoms with Crippen LogP contribution in [0.25, 0.3) is 0 Å². The summed E-state index contributed by atoms with van der Waals surface area (Å²) in [7, 11) is 1.61. The number of ether oxygens (including phenoxy) is 2. The molecule has 0 aliphatic rings. The van der Waals surface area contributed by atoms with Crippen LogP contribution >= 0.6 is 0 Å². The van der Waals surface area contributed by atoms with E-state index in [1.54, 1.807) is 55.7 Å². The first-order chi connectivity index (χ1) is 11.7. The Hall–Kier alpha value is -3.01. The first-order valence-electron chi connectivity index (χ1n) is 7.61. The number of benzene rings is 2. The third-order valence-corrected chi connectivity index (χ3v) is 3.39. The van der Waals surface area contributed by atoms with Gasteiger partial charge in [-0.1, -0.05) is 18.7 Å². The van der Waals surface area contributed by atoms with E-state index in [1.165, 1.54) is 0 Å². The lowest BCUT2D eigenvalue weighted by atomic mass is 10.1. The molecular weight excluding hydrogens is 302 g/mol. The van der Waals surface area contributed by atoms with Gasteiger partial charge in [-0.25, -0.2) is 0 Å². The van der Waals surface area contributed by atoms with Crippen LogP contribution in [0.5, 0.6) is 11.5 Å². The van der Waals surface area contributed by atoms with Gasteiger partial charge in [-0.3, -0.25) is 4.79 Å². The molecule has 0 fully saturated rings. The zero-order chi connectivity index (χ0) is 17.4. The molecule has 4 heteroatoms. The number of carbonyl (C=O) groups excluding carboxylic acids is 1. The number of rotatable bonds is 8. The third-order valence-electron chi connectivity index (χ3n) is 3.39. The second-order valence-corrected chi connectivity index (χ2v) is 5.10. The lowest BCUT2D eigenvalue weighted by Crippen LogP contribution is -2.12. The molecule has 0 unspecified atom stereocenters. The van der Waals surface area contributed by atoms with Crippen molar-refractivity contribution in [3.05, 3.63) is 78.9 Å². The minimum atomic E-state index is -0.178. The Morgan fingerprint density at radius 2 is 1.88 bits per heavy atom. The largest absolute Gasteiger partial charge is 0.496 e. The molecule has 0 saturated heterocycles. The number of amides is 1. The third kappa shape index (κ3) is 4.49. The van der Waals surface area contributed by atoms with Gasteiger partial charge in [0.15, 0.2) is 0 Å².